The maximum atomic E-state index is 11.1. The van der Waals surface area contributed by atoms with Crippen LogP contribution in [0.2, 0.25) is 0 Å². The molecule has 0 saturated carbocycles. The van der Waals surface area contributed by atoms with Crippen molar-refractivity contribution in [2.75, 3.05) is 25.0 Å². The van der Waals surface area contributed by atoms with Gasteiger partial charge in [-0.2, -0.15) is 0 Å². The van der Waals surface area contributed by atoms with Crippen molar-refractivity contribution in [3.63, 3.8) is 0 Å². The smallest absolute Gasteiger partial charge is 0.221 e. The number of rotatable bonds is 7. The normalized spacial score (nSPS) is 9.81. The summed E-state index contributed by atoms with van der Waals surface area (Å²) in [5.74, 6) is 0.871. The molecule has 0 saturated heterocycles. The number of nitrogens with zero attached hydrogens (tertiary/aromatic N) is 1. The molecule has 88 valence electrons. The largest absolute Gasteiger partial charge is 0.370 e. The minimum Gasteiger partial charge on any atom is -0.370 e. The van der Waals surface area contributed by atoms with Gasteiger partial charge < -0.3 is 16.4 Å². The number of hydrogen-bond acceptors (Lipinski definition) is 4. The van der Waals surface area contributed by atoms with Crippen molar-refractivity contribution in [2.45, 2.75) is 12.8 Å². The number of amides is 1. The number of pyridine rings is 1. The van der Waals surface area contributed by atoms with E-state index >= 15 is 0 Å². The molecule has 0 radical (unpaired) electrons. The monoisotopic (exact) mass is 222 g/mol. The molecule has 5 nitrogen and oxygen atoms in total. The Bertz CT molecular complexity index is 302. The van der Waals surface area contributed by atoms with Crippen LogP contribution in [0.3, 0.4) is 0 Å². The highest BCUT2D eigenvalue weighted by Gasteiger charge is 1.97. The molecule has 1 heterocycles. The van der Waals surface area contributed by atoms with E-state index in [9.17, 15) is 4.79 Å². The van der Waals surface area contributed by atoms with Gasteiger partial charge in [0.05, 0.1) is 0 Å². The Kier molecular flexibility index (Phi) is 5.95. The lowest BCUT2D eigenvalue weighted by Gasteiger charge is -2.06. The molecule has 0 aromatic carbocycles. The van der Waals surface area contributed by atoms with Gasteiger partial charge in [-0.1, -0.05) is 6.07 Å². The number of anilines is 1. The minimum atomic E-state index is 0.0142. The van der Waals surface area contributed by atoms with Crippen molar-refractivity contribution < 1.29 is 4.79 Å². The summed E-state index contributed by atoms with van der Waals surface area (Å²) < 4.78 is 0. The van der Waals surface area contributed by atoms with E-state index < -0.39 is 0 Å². The summed E-state index contributed by atoms with van der Waals surface area (Å²) in [6, 6.07) is 5.71. The molecule has 16 heavy (non-hydrogen) atoms. The van der Waals surface area contributed by atoms with E-state index in [1.54, 1.807) is 6.20 Å². The van der Waals surface area contributed by atoms with Crippen molar-refractivity contribution in [1.29, 1.82) is 0 Å². The predicted octanol–water partition coefficient (Wildman–Crippen LogP) is 0.349. The van der Waals surface area contributed by atoms with E-state index in [4.69, 9.17) is 5.73 Å². The zero-order chi connectivity index (χ0) is 11.6. The number of aromatic nitrogens is 1. The fourth-order valence-corrected chi connectivity index (χ4v) is 1.22. The Morgan fingerprint density at radius 1 is 1.38 bits per heavy atom. The Balaban J connectivity index is 2.02. The van der Waals surface area contributed by atoms with Gasteiger partial charge in [-0.15, -0.1) is 0 Å². The van der Waals surface area contributed by atoms with Crippen LogP contribution >= 0.6 is 0 Å². The van der Waals surface area contributed by atoms with Crippen LogP contribution < -0.4 is 16.4 Å². The lowest BCUT2D eigenvalue weighted by Crippen LogP contribution is -2.27. The zero-order valence-electron chi connectivity index (χ0n) is 9.28. The summed E-state index contributed by atoms with van der Waals surface area (Å²) in [6.45, 7) is 1.86. The molecule has 0 aliphatic rings. The van der Waals surface area contributed by atoms with Gasteiger partial charge in [-0.25, -0.2) is 4.98 Å². The van der Waals surface area contributed by atoms with Crippen LogP contribution in [0.5, 0.6) is 0 Å². The first-order valence-electron chi connectivity index (χ1n) is 5.44. The molecular formula is C11H18N4O. The van der Waals surface area contributed by atoms with Gasteiger partial charge in [0.25, 0.3) is 0 Å². The molecule has 0 bridgehead atoms. The van der Waals surface area contributed by atoms with Crippen molar-refractivity contribution in [1.82, 2.24) is 10.3 Å². The Labute approximate surface area is 95.4 Å². The molecule has 1 rings (SSSR count). The molecule has 0 aliphatic heterocycles. The average molecular weight is 222 g/mol. The molecule has 4 N–H and O–H groups in total. The summed E-state index contributed by atoms with van der Waals surface area (Å²) in [5, 5.41) is 5.95. The van der Waals surface area contributed by atoms with E-state index in [-0.39, 0.29) is 5.91 Å². The van der Waals surface area contributed by atoms with E-state index in [1.807, 2.05) is 18.2 Å². The van der Waals surface area contributed by atoms with Crippen LogP contribution in [0.4, 0.5) is 5.82 Å². The van der Waals surface area contributed by atoms with Crippen molar-refractivity contribution in [3.05, 3.63) is 24.4 Å². The van der Waals surface area contributed by atoms with Crippen molar-refractivity contribution in [3.8, 4) is 0 Å². The second-order valence-electron chi connectivity index (χ2n) is 3.38. The molecule has 1 aromatic heterocycles. The SMILES string of the molecule is NCCC(=O)NCCCNc1ccccn1. The van der Waals surface area contributed by atoms with Gasteiger partial charge in [0, 0.05) is 32.3 Å². The fourth-order valence-electron chi connectivity index (χ4n) is 1.22. The molecule has 0 aliphatic carbocycles. The van der Waals surface area contributed by atoms with Gasteiger partial charge >= 0.3 is 0 Å². The molecule has 0 unspecified atom stereocenters. The first-order chi connectivity index (χ1) is 7.83. The van der Waals surface area contributed by atoms with Crippen molar-refractivity contribution >= 4 is 11.7 Å². The van der Waals surface area contributed by atoms with E-state index in [2.05, 4.69) is 15.6 Å². The highest BCUT2D eigenvalue weighted by Crippen LogP contribution is 1.98. The van der Waals surface area contributed by atoms with Gasteiger partial charge in [0.1, 0.15) is 5.82 Å². The molecule has 0 fully saturated rings. The highest BCUT2D eigenvalue weighted by atomic mass is 16.1. The summed E-state index contributed by atoms with van der Waals surface area (Å²) in [4.78, 5) is 15.2. The summed E-state index contributed by atoms with van der Waals surface area (Å²) >= 11 is 0. The third-order valence-corrected chi connectivity index (χ3v) is 2.02. The number of hydrogen-bond donors (Lipinski definition) is 3. The van der Waals surface area contributed by atoms with Gasteiger partial charge in [-0.05, 0) is 18.6 Å². The summed E-state index contributed by atoms with van der Waals surface area (Å²) in [5.41, 5.74) is 5.25. The van der Waals surface area contributed by atoms with E-state index in [1.165, 1.54) is 0 Å². The second-order valence-corrected chi connectivity index (χ2v) is 3.38. The van der Waals surface area contributed by atoms with E-state index in [0.717, 1.165) is 18.8 Å². The van der Waals surface area contributed by atoms with Gasteiger partial charge in [0.2, 0.25) is 5.91 Å². The van der Waals surface area contributed by atoms with Gasteiger partial charge in [0.15, 0.2) is 0 Å². The lowest BCUT2D eigenvalue weighted by atomic mass is 10.3. The summed E-state index contributed by atoms with van der Waals surface area (Å²) in [7, 11) is 0. The second kappa shape index (κ2) is 7.64. The van der Waals surface area contributed by atoms with Crippen LogP contribution in [-0.4, -0.2) is 30.5 Å². The van der Waals surface area contributed by atoms with Crippen LogP contribution in [0.15, 0.2) is 24.4 Å². The maximum absolute atomic E-state index is 11.1. The molecule has 0 spiro atoms. The third-order valence-electron chi connectivity index (χ3n) is 2.02. The highest BCUT2D eigenvalue weighted by molar-refractivity contribution is 5.75. The third kappa shape index (κ3) is 5.31. The van der Waals surface area contributed by atoms with Crippen molar-refractivity contribution in [2.24, 2.45) is 5.73 Å². The van der Waals surface area contributed by atoms with Crippen LogP contribution in [-0.2, 0) is 4.79 Å². The first kappa shape index (κ1) is 12.4. The first-order valence-corrected chi connectivity index (χ1v) is 5.44. The molecular weight excluding hydrogens is 204 g/mol. The fraction of sp³-hybridized carbons (Fsp3) is 0.455. The van der Waals surface area contributed by atoms with E-state index in [0.29, 0.717) is 19.5 Å². The molecule has 1 aromatic rings. The van der Waals surface area contributed by atoms with Crippen LogP contribution in [0, 0.1) is 0 Å². The quantitative estimate of drug-likeness (QED) is 0.581. The standard InChI is InChI=1S/C11H18N4O/c12-6-5-11(16)15-9-3-8-14-10-4-1-2-7-13-10/h1-2,4,7H,3,5-6,8-9,12H2,(H,13,14)(H,15,16). The molecule has 0 atom stereocenters. The minimum absolute atomic E-state index is 0.0142. The number of nitrogens with two attached hydrogens (primary N) is 1. The Morgan fingerprint density at radius 3 is 2.94 bits per heavy atom. The number of carbonyl (C=O) groups is 1. The topological polar surface area (TPSA) is 80.0 Å². The lowest BCUT2D eigenvalue weighted by molar-refractivity contribution is -0.120. The van der Waals surface area contributed by atoms with Gasteiger partial charge in [-0.3, -0.25) is 4.79 Å². The Hall–Kier alpha value is -1.62. The maximum Gasteiger partial charge on any atom is 0.221 e. The average Bonchev–Trinajstić information content (AvgIpc) is 2.30. The van der Waals surface area contributed by atoms with Crippen LogP contribution in [0.1, 0.15) is 12.8 Å². The number of nitrogens with one attached hydrogen (secondary N) is 2. The van der Waals surface area contributed by atoms with Crippen LogP contribution in [0.25, 0.3) is 0 Å². The zero-order valence-corrected chi connectivity index (χ0v) is 9.28. The number of carbonyl (C=O) groups excluding carboxylic acids is 1. The predicted molar refractivity (Wildman–Crippen MR) is 64.0 cm³/mol. The molecule has 1 amide bonds. The molecule has 5 heteroatoms. The summed E-state index contributed by atoms with van der Waals surface area (Å²) in [6.07, 6.45) is 3.01. The Morgan fingerprint density at radius 2 is 2.25 bits per heavy atom.